The van der Waals surface area contributed by atoms with E-state index in [0.717, 1.165) is 16.4 Å². The van der Waals surface area contributed by atoms with E-state index >= 15 is 0 Å². The van der Waals surface area contributed by atoms with Crippen molar-refractivity contribution in [3.8, 4) is 0 Å². The number of sulfonamides is 1. The number of nitrogens with zero attached hydrogens (tertiary/aromatic N) is 2. The fourth-order valence-corrected chi connectivity index (χ4v) is 2.66. The number of hydrogen-bond acceptors (Lipinski definition) is 5. The van der Waals surface area contributed by atoms with E-state index in [1.54, 1.807) is 6.92 Å². The fourth-order valence-electron chi connectivity index (χ4n) is 1.29. The zero-order valence-electron chi connectivity index (χ0n) is 10.5. The Balaban J connectivity index is 0.00000324. The van der Waals surface area contributed by atoms with E-state index in [9.17, 15) is 18.5 Å². The van der Waals surface area contributed by atoms with E-state index in [0.29, 0.717) is 0 Å². The zero-order valence-corrected chi connectivity index (χ0v) is 12.1. The summed E-state index contributed by atoms with van der Waals surface area (Å²) in [5.41, 5.74) is 5.27. The van der Waals surface area contributed by atoms with Crippen molar-refractivity contribution >= 4 is 28.1 Å². The number of non-ortho nitro benzene ring substituents is 1. The lowest BCUT2D eigenvalue weighted by Crippen LogP contribution is -2.39. The molecule has 0 aliphatic rings. The van der Waals surface area contributed by atoms with Crippen molar-refractivity contribution in [3.63, 3.8) is 0 Å². The van der Waals surface area contributed by atoms with Crippen molar-refractivity contribution in [1.82, 2.24) is 4.31 Å². The van der Waals surface area contributed by atoms with Crippen LogP contribution in [0.15, 0.2) is 29.2 Å². The molecule has 0 fully saturated rings. The SMILES string of the molecule is CC(CN)N(C)S(=O)(=O)c1ccc([N+](=O)[O-])cc1.Cl. The quantitative estimate of drug-likeness (QED) is 0.644. The molecule has 0 saturated heterocycles. The van der Waals surface area contributed by atoms with Crippen molar-refractivity contribution < 1.29 is 13.3 Å². The molecule has 108 valence electrons. The summed E-state index contributed by atoms with van der Waals surface area (Å²) in [6.07, 6.45) is 0. The maximum atomic E-state index is 12.1. The van der Waals surface area contributed by atoms with E-state index in [1.165, 1.54) is 19.2 Å². The predicted molar refractivity (Wildman–Crippen MR) is 73.8 cm³/mol. The lowest BCUT2D eigenvalue weighted by Gasteiger charge is -2.22. The largest absolute Gasteiger partial charge is 0.329 e. The second-order valence-electron chi connectivity index (χ2n) is 3.86. The molecule has 2 N–H and O–H groups in total. The number of nitrogens with two attached hydrogens (primary N) is 1. The van der Waals surface area contributed by atoms with E-state index < -0.39 is 14.9 Å². The van der Waals surface area contributed by atoms with Gasteiger partial charge in [0, 0.05) is 31.8 Å². The average molecular weight is 310 g/mol. The van der Waals surface area contributed by atoms with Crippen LogP contribution in [-0.4, -0.2) is 37.3 Å². The average Bonchev–Trinajstić information content (AvgIpc) is 2.36. The fraction of sp³-hybridized carbons (Fsp3) is 0.400. The number of hydrogen-bond donors (Lipinski definition) is 1. The van der Waals surface area contributed by atoms with Crippen molar-refractivity contribution in [2.45, 2.75) is 17.9 Å². The van der Waals surface area contributed by atoms with Gasteiger partial charge in [0.25, 0.3) is 5.69 Å². The molecule has 1 aromatic carbocycles. The number of nitro groups is 1. The van der Waals surface area contributed by atoms with Gasteiger partial charge in [-0.25, -0.2) is 8.42 Å². The summed E-state index contributed by atoms with van der Waals surface area (Å²) in [7, 11) is -2.24. The van der Waals surface area contributed by atoms with Crippen molar-refractivity contribution in [3.05, 3.63) is 34.4 Å². The molecule has 1 aromatic rings. The van der Waals surface area contributed by atoms with Crippen LogP contribution in [0.25, 0.3) is 0 Å². The van der Waals surface area contributed by atoms with Gasteiger partial charge in [-0.15, -0.1) is 12.4 Å². The van der Waals surface area contributed by atoms with Gasteiger partial charge >= 0.3 is 0 Å². The van der Waals surface area contributed by atoms with Crippen molar-refractivity contribution in [2.24, 2.45) is 5.73 Å². The van der Waals surface area contributed by atoms with Crippen LogP contribution < -0.4 is 5.73 Å². The minimum atomic E-state index is -3.66. The Kier molecular flexibility index (Phi) is 6.37. The van der Waals surface area contributed by atoms with Crippen LogP contribution in [0.5, 0.6) is 0 Å². The van der Waals surface area contributed by atoms with E-state index in [2.05, 4.69) is 0 Å². The third-order valence-corrected chi connectivity index (χ3v) is 4.67. The Morgan fingerprint density at radius 2 is 1.84 bits per heavy atom. The first-order valence-corrected chi connectivity index (χ1v) is 6.67. The summed E-state index contributed by atoms with van der Waals surface area (Å²) in [5.74, 6) is 0. The van der Waals surface area contributed by atoms with Crippen LogP contribution in [0.4, 0.5) is 5.69 Å². The second-order valence-corrected chi connectivity index (χ2v) is 5.85. The Morgan fingerprint density at radius 3 is 2.21 bits per heavy atom. The van der Waals surface area contributed by atoms with Gasteiger partial charge in [0.15, 0.2) is 0 Å². The Bertz CT molecular complexity index is 532. The summed E-state index contributed by atoms with van der Waals surface area (Å²) in [6.45, 7) is 1.88. The minimum absolute atomic E-state index is 0. The Labute approximate surface area is 118 Å². The molecule has 0 aliphatic carbocycles. The van der Waals surface area contributed by atoms with Gasteiger partial charge in [0.1, 0.15) is 0 Å². The van der Waals surface area contributed by atoms with Crippen LogP contribution in [-0.2, 0) is 10.0 Å². The maximum Gasteiger partial charge on any atom is 0.269 e. The van der Waals surface area contributed by atoms with Gasteiger partial charge in [0.2, 0.25) is 10.0 Å². The molecule has 9 heteroatoms. The van der Waals surface area contributed by atoms with E-state index in [1.807, 2.05) is 0 Å². The van der Waals surface area contributed by atoms with E-state index in [-0.39, 0.29) is 35.6 Å². The first-order valence-electron chi connectivity index (χ1n) is 5.23. The van der Waals surface area contributed by atoms with Crippen LogP contribution in [0.3, 0.4) is 0 Å². The molecule has 0 saturated carbocycles. The molecule has 0 spiro atoms. The third kappa shape index (κ3) is 3.87. The van der Waals surface area contributed by atoms with Crippen molar-refractivity contribution in [1.29, 1.82) is 0 Å². The number of benzene rings is 1. The topological polar surface area (TPSA) is 107 Å². The highest BCUT2D eigenvalue weighted by Crippen LogP contribution is 2.19. The summed E-state index contributed by atoms with van der Waals surface area (Å²) < 4.78 is 25.4. The monoisotopic (exact) mass is 309 g/mol. The van der Waals surface area contributed by atoms with Gasteiger partial charge < -0.3 is 5.73 Å². The van der Waals surface area contributed by atoms with E-state index in [4.69, 9.17) is 5.73 Å². The minimum Gasteiger partial charge on any atom is -0.329 e. The zero-order chi connectivity index (χ0) is 13.9. The lowest BCUT2D eigenvalue weighted by atomic mass is 10.3. The van der Waals surface area contributed by atoms with Crippen LogP contribution in [0, 0.1) is 10.1 Å². The molecule has 1 unspecified atom stereocenters. The number of halogens is 1. The number of likely N-dealkylation sites (N-methyl/N-ethyl adjacent to an activating group) is 1. The highest BCUT2D eigenvalue weighted by Gasteiger charge is 2.24. The van der Waals surface area contributed by atoms with Crippen LogP contribution in [0.2, 0.25) is 0 Å². The third-order valence-electron chi connectivity index (χ3n) is 2.69. The standard InChI is InChI=1S/C10H15N3O4S.ClH/c1-8(7-11)12(2)18(16,17)10-5-3-9(4-6-10)13(14)15;/h3-6,8H,7,11H2,1-2H3;1H. The van der Waals surface area contributed by atoms with Crippen LogP contribution in [0.1, 0.15) is 6.92 Å². The van der Waals surface area contributed by atoms with Gasteiger partial charge in [-0.1, -0.05) is 0 Å². The first-order chi connectivity index (χ1) is 8.30. The maximum absolute atomic E-state index is 12.1. The molecule has 0 bridgehead atoms. The highest BCUT2D eigenvalue weighted by atomic mass is 35.5. The molecule has 1 rings (SSSR count). The molecule has 0 amide bonds. The molecule has 7 nitrogen and oxygen atoms in total. The molecule has 0 aromatic heterocycles. The number of rotatable bonds is 5. The van der Waals surface area contributed by atoms with Gasteiger partial charge in [-0.3, -0.25) is 10.1 Å². The summed E-state index contributed by atoms with van der Waals surface area (Å²) in [4.78, 5) is 9.91. The summed E-state index contributed by atoms with van der Waals surface area (Å²) in [5, 5.41) is 10.5. The molecule has 0 radical (unpaired) electrons. The number of nitro benzene ring substituents is 1. The molecular weight excluding hydrogens is 294 g/mol. The predicted octanol–water partition coefficient (Wildman–Crippen LogP) is 0.984. The molecule has 0 aliphatic heterocycles. The summed E-state index contributed by atoms with van der Waals surface area (Å²) in [6, 6.07) is 4.41. The van der Waals surface area contributed by atoms with Gasteiger partial charge in [-0.2, -0.15) is 4.31 Å². The van der Waals surface area contributed by atoms with Crippen molar-refractivity contribution in [2.75, 3.05) is 13.6 Å². The highest BCUT2D eigenvalue weighted by molar-refractivity contribution is 7.89. The summed E-state index contributed by atoms with van der Waals surface area (Å²) >= 11 is 0. The van der Waals surface area contributed by atoms with Gasteiger partial charge in [-0.05, 0) is 19.1 Å². The second kappa shape index (κ2) is 6.80. The Morgan fingerprint density at radius 1 is 1.37 bits per heavy atom. The lowest BCUT2D eigenvalue weighted by molar-refractivity contribution is -0.384. The molecule has 19 heavy (non-hydrogen) atoms. The normalized spacial score (nSPS) is 12.8. The molecule has 1 atom stereocenters. The Hall–Kier alpha value is -1.22. The van der Waals surface area contributed by atoms with Crippen LogP contribution >= 0.6 is 12.4 Å². The smallest absolute Gasteiger partial charge is 0.269 e. The van der Waals surface area contributed by atoms with Gasteiger partial charge in [0.05, 0.1) is 9.82 Å². The molecule has 0 heterocycles. The molecular formula is C10H16ClN3O4S. The first kappa shape index (κ1) is 17.8.